The van der Waals surface area contributed by atoms with Crippen molar-refractivity contribution in [3.8, 4) is 11.6 Å². The number of hydrogen-bond donors (Lipinski definition) is 1. The van der Waals surface area contributed by atoms with Gasteiger partial charge in [0.25, 0.3) is 0 Å². The molecule has 2 fully saturated rings. The lowest BCUT2D eigenvalue weighted by Crippen LogP contribution is -2.49. The number of para-hydroxylation sites is 1. The van der Waals surface area contributed by atoms with Gasteiger partial charge in [0.05, 0.1) is 31.4 Å². The van der Waals surface area contributed by atoms with E-state index < -0.39 is 52.8 Å². The highest BCUT2D eigenvalue weighted by atomic mass is 19.4. The molecule has 5 rings (SSSR count). The number of carbonyl (C=O) groups excluding carboxylic acids is 1. The molecule has 2 aliphatic heterocycles. The Morgan fingerprint density at radius 2 is 1.82 bits per heavy atom. The quantitative estimate of drug-likeness (QED) is 0.352. The van der Waals surface area contributed by atoms with Gasteiger partial charge in [0.15, 0.2) is 0 Å². The highest BCUT2D eigenvalue weighted by Crippen LogP contribution is 2.54. The standard InChI is InChI=1S/C34H43F3N2O6/c1-32(2,3)24-26(31(41)42)39(30(40)19-11-8-7-9-12-19)25(23-14-10-13-20-16-33(4,5)45-27(20)23)28(24)44-18-21-15-22(34(35,36)37)17-38-29(21)43-6/h10,13-15,17,19,24-26,28H,7-9,11-12,16,18H2,1-6H3,(H,41,42)/t24-,25+,26+,28+/m1/s1. The van der Waals surface area contributed by atoms with E-state index in [1.807, 2.05) is 52.8 Å². The summed E-state index contributed by atoms with van der Waals surface area (Å²) in [7, 11) is 1.31. The molecular formula is C34H43F3N2O6. The number of amides is 1. The Labute approximate surface area is 262 Å². The molecular weight excluding hydrogens is 589 g/mol. The second-order valence-electron chi connectivity index (χ2n) is 14.2. The van der Waals surface area contributed by atoms with Gasteiger partial charge in [0.2, 0.25) is 11.8 Å². The van der Waals surface area contributed by atoms with Crippen LogP contribution in [0.1, 0.15) is 95.0 Å². The normalized spacial score (nSPS) is 25.1. The van der Waals surface area contributed by atoms with Gasteiger partial charge in [0, 0.05) is 35.6 Å². The number of methoxy groups -OCH3 is 1. The zero-order valence-electron chi connectivity index (χ0n) is 26.7. The van der Waals surface area contributed by atoms with Gasteiger partial charge in [-0.1, -0.05) is 58.2 Å². The number of nitrogens with zero attached hydrogens (tertiary/aromatic N) is 2. The van der Waals surface area contributed by atoms with Crippen molar-refractivity contribution in [2.75, 3.05) is 7.11 Å². The maximum absolute atomic E-state index is 14.5. The molecule has 3 aliphatic rings. The van der Waals surface area contributed by atoms with Crippen LogP contribution in [0.25, 0.3) is 0 Å². The fraction of sp³-hybridized carbons (Fsp3) is 0.618. The number of alkyl halides is 3. The molecule has 1 aromatic heterocycles. The summed E-state index contributed by atoms with van der Waals surface area (Å²) in [4.78, 5) is 33.1. The Hall–Kier alpha value is -3.34. The first-order valence-electron chi connectivity index (χ1n) is 15.6. The van der Waals surface area contributed by atoms with E-state index in [0.717, 1.165) is 30.9 Å². The predicted octanol–water partition coefficient (Wildman–Crippen LogP) is 6.99. The van der Waals surface area contributed by atoms with E-state index in [2.05, 4.69) is 4.98 Å². The lowest BCUT2D eigenvalue weighted by atomic mass is 9.73. The van der Waals surface area contributed by atoms with E-state index in [-0.39, 0.29) is 29.9 Å². The molecule has 4 atom stereocenters. The van der Waals surface area contributed by atoms with Gasteiger partial charge in [-0.3, -0.25) is 4.79 Å². The molecule has 3 heterocycles. The molecule has 1 saturated heterocycles. The minimum Gasteiger partial charge on any atom is -0.487 e. The second-order valence-corrected chi connectivity index (χ2v) is 14.2. The number of rotatable bonds is 7. The van der Waals surface area contributed by atoms with Crippen molar-refractivity contribution in [1.82, 2.24) is 9.88 Å². The summed E-state index contributed by atoms with van der Waals surface area (Å²) in [6.07, 6.45) is -0.0766. The summed E-state index contributed by atoms with van der Waals surface area (Å²) in [5, 5.41) is 10.8. The first-order valence-corrected chi connectivity index (χ1v) is 15.6. The molecule has 0 bridgehead atoms. The molecule has 8 nitrogen and oxygen atoms in total. The minimum absolute atomic E-state index is 0.0273. The number of aromatic nitrogens is 1. The lowest BCUT2D eigenvalue weighted by molar-refractivity contribution is -0.154. The zero-order chi connectivity index (χ0) is 32.9. The maximum atomic E-state index is 14.5. The van der Waals surface area contributed by atoms with Crippen molar-refractivity contribution >= 4 is 11.9 Å². The van der Waals surface area contributed by atoms with Crippen molar-refractivity contribution in [2.45, 2.75) is 110 Å². The van der Waals surface area contributed by atoms with Gasteiger partial charge >= 0.3 is 12.1 Å². The zero-order valence-corrected chi connectivity index (χ0v) is 26.7. The average Bonchev–Trinajstić information content (AvgIpc) is 3.49. The fourth-order valence-corrected chi connectivity index (χ4v) is 7.47. The van der Waals surface area contributed by atoms with Gasteiger partial charge in [0.1, 0.15) is 17.4 Å². The molecule has 1 aliphatic carbocycles. The van der Waals surface area contributed by atoms with E-state index in [1.165, 1.54) is 12.0 Å². The van der Waals surface area contributed by atoms with Crippen molar-refractivity contribution in [3.63, 3.8) is 0 Å². The topological polar surface area (TPSA) is 98.2 Å². The van der Waals surface area contributed by atoms with Crippen LogP contribution < -0.4 is 9.47 Å². The Balaban J connectivity index is 1.66. The molecule has 0 radical (unpaired) electrons. The highest BCUT2D eigenvalue weighted by Gasteiger charge is 2.60. The van der Waals surface area contributed by atoms with E-state index in [9.17, 15) is 27.9 Å². The number of benzene rings is 1. The number of carbonyl (C=O) groups is 2. The summed E-state index contributed by atoms with van der Waals surface area (Å²) < 4.78 is 59.2. The number of fused-ring (bicyclic) bond motifs is 1. The maximum Gasteiger partial charge on any atom is 0.417 e. The van der Waals surface area contributed by atoms with Crippen molar-refractivity contribution in [2.24, 2.45) is 17.3 Å². The third kappa shape index (κ3) is 6.50. The van der Waals surface area contributed by atoms with Crippen molar-refractivity contribution < 1.29 is 42.1 Å². The van der Waals surface area contributed by atoms with Crippen LogP contribution in [-0.2, 0) is 33.5 Å². The highest BCUT2D eigenvalue weighted by molar-refractivity contribution is 5.87. The monoisotopic (exact) mass is 632 g/mol. The van der Waals surface area contributed by atoms with Gasteiger partial charge < -0.3 is 24.2 Å². The van der Waals surface area contributed by atoms with Gasteiger partial charge in [-0.25, -0.2) is 9.78 Å². The van der Waals surface area contributed by atoms with Crippen LogP contribution in [0, 0.1) is 17.3 Å². The number of pyridine rings is 1. The second kappa shape index (κ2) is 12.1. The Morgan fingerprint density at radius 1 is 1.13 bits per heavy atom. The number of likely N-dealkylation sites (tertiary alicyclic amines) is 1. The molecule has 1 N–H and O–H groups in total. The largest absolute Gasteiger partial charge is 0.487 e. The van der Waals surface area contributed by atoms with Gasteiger partial charge in [-0.05, 0) is 43.7 Å². The number of hydrogen-bond acceptors (Lipinski definition) is 6. The molecule has 1 saturated carbocycles. The molecule has 1 amide bonds. The Kier molecular flexibility index (Phi) is 8.89. The number of carboxylic acids is 1. The number of carboxylic acid groups (broad SMARTS) is 1. The van der Waals surface area contributed by atoms with E-state index in [4.69, 9.17) is 14.2 Å². The van der Waals surface area contributed by atoms with E-state index in [1.54, 1.807) is 0 Å². The van der Waals surface area contributed by atoms with Crippen molar-refractivity contribution in [1.29, 1.82) is 0 Å². The molecule has 0 unspecified atom stereocenters. The first kappa shape index (κ1) is 33.0. The summed E-state index contributed by atoms with van der Waals surface area (Å²) in [6, 6.07) is 4.52. The molecule has 2 aromatic rings. The van der Waals surface area contributed by atoms with Crippen LogP contribution in [0.3, 0.4) is 0 Å². The number of aliphatic carboxylic acids is 1. The van der Waals surface area contributed by atoms with Crippen LogP contribution in [0.5, 0.6) is 11.6 Å². The summed E-state index contributed by atoms with van der Waals surface area (Å²) in [5.41, 5.74) is -0.500. The van der Waals surface area contributed by atoms with Crippen LogP contribution in [0.15, 0.2) is 30.5 Å². The van der Waals surface area contributed by atoms with Crippen LogP contribution in [0.2, 0.25) is 0 Å². The van der Waals surface area contributed by atoms with Crippen LogP contribution >= 0.6 is 0 Å². The fourth-order valence-electron chi connectivity index (χ4n) is 7.47. The SMILES string of the molecule is COc1ncc(C(F)(F)F)cc1CO[C@H]1[C@H](C(C)(C)C)[C@@H](C(=O)O)N(C(=O)C2CCCCC2)[C@H]1c1cccc2c1OC(C)(C)C2. The van der Waals surface area contributed by atoms with Crippen LogP contribution in [0.4, 0.5) is 13.2 Å². The third-order valence-corrected chi connectivity index (χ3v) is 9.38. The molecule has 45 heavy (non-hydrogen) atoms. The summed E-state index contributed by atoms with van der Waals surface area (Å²) >= 11 is 0. The van der Waals surface area contributed by atoms with E-state index >= 15 is 0 Å². The van der Waals surface area contributed by atoms with Gasteiger partial charge in [-0.2, -0.15) is 13.2 Å². The third-order valence-electron chi connectivity index (χ3n) is 9.38. The number of ether oxygens (including phenoxy) is 3. The Bertz CT molecular complexity index is 1430. The van der Waals surface area contributed by atoms with Crippen LogP contribution in [-0.4, -0.2) is 51.7 Å². The molecule has 0 spiro atoms. The Morgan fingerprint density at radius 3 is 2.42 bits per heavy atom. The predicted molar refractivity (Wildman–Crippen MR) is 160 cm³/mol. The summed E-state index contributed by atoms with van der Waals surface area (Å²) in [5.74, 6) is -1.87. The number of halogens is 3. The molecule has 11 heteroatoms. The summed E-state index contributed by atoms with van der Waals surface area (Å²) in [6.45, 7) is 9.29. The van der Waals surface area contributed by atoms with Crippen molar-refractivity contribution in [3.05, 3.63) is 52.7 Å². The molecule has 246 valence electrons. The van der Waals surface area contributed by atoms with Gasteiger partial charge in [-0.15, -0.1) is 0 Å². The minimum atomic E-state index is -4.63. The molecule has 1 aromatic carbocycles. The smallest absolute Gasteiger partial charge is 0.417 e. The van der Waals surface area contributed by atoms with E-state index in [0.29, 0.717) is 36.8 Å². The average molecular weight is 633 g/mol. The lowest BCUT2D eigenvalue weighted by Gasteiger charge is -2.35. The first-order chi connectivity index (χ1) is 21.0.